The summed E-state index contributed by atoms with van der Waals surface area (Å²) in [6, 6.07) is 6.45. The topological polar surface area (TPSA) is 88.1 Å². The zero-order valence-corrected chi connectivity index (χ0v) is 8.41. The number of nitrogens with two attached hydrogens (primary N) is 1. The van der Waals surface area contributed by atoms with Crippen LogP contribution >= 0.6 is 11.6 Å². The van der Waals surface area contributed by atoms with Gasteiger partial charge in [-0.05, 0) is 18.2 Å². The van der Waals surface area contributed by atoms with E-state index in [0.717, 1.165) is 0 Å². The van der Waals surface area contributed by atoms with E-state index in [2.05, 4.69) is 0 Å². The van der Waals surface area contributed by atoms with Gasteiger partial charge in [-0.2, -0.15) is 5.26 Å². The number of hydrazine groups is 1. The minimum atomic E-state index is -0.463. The number of hydrogen-bond acceptors (Lipinski definition) is 4. The van der Waals surface area contributed by atoms with E-state index >= 15 is 0 Å². The fourth-order valence-corrected chi connectivity index (χ4v) is 1.11. The molecule has 0 radical (unpaired) electrons. The number of rotatable bonds is 3. The second-order valence-corrected chi connectivity index (χ2v) is 3.02. The molecule has 3 N–H and O–H groups in total. The summed E-state index contributed by atoms with van der Waals surface area (Å²) in [6.45, 7) is -0.220. The zero-order valence-electron chi connectivity index (χ0n) is 7.66. The predicted octanol–water partition coefficient (Wildman–Crippen LogP) is 0.580. The number of nitrogens with one attached hydrogen (secondary N) is 1. The Kier molecular flexibility index (Phi) is 3.92. The van der Waals surface area contributed by atoms with Gasteiger partial charge in [0.05, 0.1) is 16.7 Å². The summed E-state index contributed by atoms with van der Waals surface area (Å²) in [5.74, 6) is 4.73. The fourth-order valence-electron chi connectivity index (χ4n) is 0.872. The van der Waals surface area contributed by atoms with Crippen LogP contribution in [0.5, 0.6) is 5.75 Å². The van der Waals surface area contributed by atoms with Crippen molar-refractivity contribution >= 4 is 17.5 Å². The Morgan fingerprint density at radius 3 is 2.93 bits per heavy atom. The third-order valence-corrected chi connectivity index (χ3v) is 1.88. The van der Waals surface area contributed by atoms with Gasteiger partial charge in [0.25, 0.3) is 5.91 Å². The molecule has 5 nitrogen and oxygen atoms in total. The van der Waals surface area contributed by atoms with Crippen LogP contribution in [0.15, 0.2) is 18.2 Å². The molecule has 0 saturated heterocycles. The molecule has 0 atom stereocenters. The Bertz CT molecular complexity index is 414. The van der Waals surface area contributed by atoms with E-state index in [4.69, 9.17) is 27.4 Å². The lowest BCUT2D eigenvalue weighted by molar-refractivity contribution is -0.123. The molecule has 78 valence electrons. The fraction of sp³-hybridized carbons (Fsp3) is 0.111. The Balaban J connectivity index is 2.71. The summed E-state index contributed by atoms with van der Waals surface area (Å²) < 4.78 is 5.06. The minimum Gasteiger partial charge on any atom is -0.482 e. The summed E-state index contributed by atoms with van der Waals surface area (Å²) in [7, 11) is 0. The molecule has 1 rings (SSSR count). The van der Waals surface area contributed by atoms with Crippen molar-refractivity contribution in [2.45, 2.75) is 0 Å². The summed E-state index contributed by atoms with van der Waals surface area (Å²) in [5.41, 5.74) is 2.34. The highest BCUT2D eigenvalue weighted by molar-refractivity contribution is 6.32. The molecule has 0 bridgehead atoms. The van der Waals surface area contributed by atoms with Gasteiger partial charge >= 0.3 is 0 Å². The van der Waals surface area contributed by atoms with Gasteiger partial charge < -0.3 is 4.74 Å². The van der Waals surface area contributed by atoms with Gasteiger partial charge in [0.2, 0.25) is 0 Å². The van der Waals surface area contributed by atoms with Crippen molar-refractivity contribution in [2.75, 3.05) is 6.61 Å². The number of nitriles is 1. The lowest BCUT2D eigenvalue weighted by Gasteiger charge is -2.06. The molecule has 0 heterocycles. The first-order valence-electron chi connectivity index (χ1n) is 3.99. The van der Waals surface area contributed by atoms with E-state index in [1.54, 1.807) is 6.07 Å². The first kappa shape index (κ1) is 11.3. The zero-order chi connectivity index (χ0) is 11.3. The van der Waals surface area contributed by atoms with Crippen molar-refractivity contribution in [1.82, 2.24) is 5.43 Å². The van der Waals surface area contributed by atoms with Gasteiger partial charge in [-0.25, -0.2) is 5.84 Å². The van der Waals surface area contributed by atoms with Crippen LogP contribution in [0, 0.1) is 11.3 Å². The largest absolute Gasteiger partial charge is 0.482 e. The third kappa shape index (κ3) is 3.13. The quantitative estimate of drug-likeness (QED) is 0.448. The van der Waals surface area contributed by atoms with Crippen molar-refractivity contribution in [2.24, 2.45) is 5.84 Å². The molecule has 0 spiro atoms. The molecule has 1 amide bonds. The first-order chi connectivity index (χ1) is 7.17. The predicted molar refractivity (Wildman–Crippen MR) is 54.0 cm³/mol. The molecule has 0 aromatic heterocycles. The average molecular weight is 226 g/mol. The second kappa shape index (κ2) is 5.20. The van der Waals surface area contributed by atoms with E-state index < -0.39 is 5.91 Å². The van der Waals surface area contributed by atoms with Crippen molar-refractivity contribution in [3.63, 3.8) is 0 Å². The number of carbonyl (C=O) groups is 1. The van der Waals surface area contributed by atoms with E-state index in [1.807, 2.05) is 11.5 Å². The molecule has 0 fully saturated rings. The van der Waals surface area contributed by atoms with Crippen LogP contribution in [-0.2, 0) is 4.79 Å². The summed E-state index contributed by atoms with van der Waals surface area (Å²) in [5, 5.41) is 8.86. The van der Waals surface area contributed by atoms with Gasteiger partial charge in [0.15, 0.2) is 6.61 Å². The van der Waals surface area contributed by atoms with Crippen LogP contribution in [0.1, 0.15) is 5.56 Å². The van der Waals surface area contributed by atoms with Gasteiger partial charge in [0.1, 0.15) is 5.75 Å². The summed E-state index contributed by atoms with van der Waals surface area (Å²) in [6.07, 6.45) is 0. The van der Waals surface area contributed by atoms with Crippen LogP contribution in [0.25, 0.3) is 0 Å². The minimum absolute atomic E-state index is 0.220. The number of benzene rings is 1. The van der Waals surface area contributed by atoms with Gasteiger partial charge in [-0.3, -0.25) is 10.2 Å². The molecule has 0 aliphatic heterocycles. The first-order valence-corrected chi connectivity index (χ1v) is 4.37. The van der Waals surface area contributed by atoms with Crippen LogP contribution in [-0.4, -0.2) is 12.5 Å². The highest BCUT2D eigenvalue weighted by Gasteiger charge is 2.05. The standard InChI is InChI=1S/C9H8ClN3O2/c10-7-3-6(4-11)1-2-8(7)15-5-9(14)13-12/h1-3H,5,12H2,(H,13,14). The highest BCUT2D eigenvalue weighted by Crippen LogP contribution is 2.24. The maximum Gasteiger partial charge on any atom is 0.271 e. The normalized spacial score (nSPS) is 9.13. The molecule has 15 heavy (non-hydrogen) atoms. The smallest absolute Gasteiger partial charge is 0.271 e. The van der Waals surface area contributed by atoms with Crippen LogP contribution in [0.2, 0.25) is 5.02 Å². The molecular formula is C9H8ClN3O2. The van der Waals surface area contributed by atoms with E-state index in [9.17, 15) is 4.79 Å². The molecule has 1 aromatic rings. The number of ether oxygens (including phenoxy) is 1. The Labute approximate surface area is 91.4 Å². The van der Waals surface area contributed by atoms with Crippen molar-refractivity contribution < 1.29 is 9.53 Å². The van der Waals surface area contributed by atoms with Crippen molar-refractivity contribution in [3.05, 3.63) is 28.8 Å². The molecule has 0 unspecified atom stereocenters. The van der Waals surface area contributed by atoms with Gasteiger partial charge in [-0.1, -0.05) is 11.6 Å². The Hall–Kier alpha value is -1.77. The van der Waals surface area contributed by atoms with Crippen LogP contribution in [0.3, 0.4) is 0 Å². The maximum atomic E-state index is 10.8. The average Bonchev–Trinajstić information content (AvgIpc) is 2.26. The molecule has 0 aliphatic rings. The van der Waals surface area contributed by atoms with Crippen LogP contribution < -0.4 is 16.0 Å². The number of halogens is 1. The van der Waals surface area contributed by atoms with Crippen molar-refractivity contribution in [3.8, 4) is 11.8 Å². The number of amides is 1. The maximum absolute atomic E-state index is 10.8. The second-order valence-electron chi connectivity index (χ2n) is 2.61. The number of hydrogen-bond donors (Lipinski definition) is 2. The SMILES string of the molecule is N#Cc1ccc(OCC(=O)NN)c(Cl)c1. The number of nitrogens with zero attached hydrogens (tertiary/aromatic N) is 1. The molecular weight excluding hydrogens is 218 g/mol. The molecule has 0 saturated carbocycles. The Morgan fingerprint density at radius 1 is 1.67 bits per heavy atom. The van der Waals surface area contributed by atoms with Crippen molar-refractivity contribution in [1.29, 1.82) is 5.26 Å². The summed E-state index contributed by atoms with van der Waals surface area (Å²) >= 11 is 5.80. The van der Waals surface area contributed by atoms with E-state index in [1.165, 1.54) is 12.1 Å². The lowest BCUT2D eigenvalue weighted by Crippen LogP contribution is -2.34. The monoisotopic (exact) mass is 225 g/mol. The molecule has 1 aromatic carbocycles. The lowest BCUT2D eigenvalue weighted by atomic mass is 10.2. The molecule has 6 heteroatoms. The van der Waals surface area contributed by atoms with Gasteiger partial charge in [0, 0.05) is 0 Å². The summed E-state index contributed by atoms with van der Waals surface area (Å²) in [4.78, 5) is 10.8. The van der Waals surface area contributed by atoms with Crippen LogP contribution in [0.4, 0.5) is 0 Å². The highest BCUT2D eigenvalue weighted by atomic mass is 35.5. The Morgan fingerprint density at radius 2 is 2.40 bits per heavy atom. The van der Waals surface area contributed by atoms with Gasteiger partial charge in [-0.15, -0.1) is 0 Å². The molecule has 0 aliphatic carbocycles. The number of carbonyl (C=O) groups excluding carboxylic acids is 1. The van der Waals surface area contributed by atoms with E-state index in [-0.39, 0.29) is 11.6 Å². The van der Waals surface area contributed by atoms with E-state index in [0.29, 0.717) is 11.3 Å². The third-order valence-electron chi connectivity index (χ3n) is 1.58.